The quantitative estimate of drug-likeness (QED) is 0.765. The predicted octanol–water partition coefficient (Wildman–Crippen LogP) is 1.61. The second-order valence-corrected chi connectivity index (χ2v) is 4.78. The van der Waals surface area contributed by atoms with Gasteiger partial charge >= 0.3 is 0 Å². The Labute approximate surface area is 108 Å². The van der Waals surface area contributed by atoms with Gasteiger partial charge in [-0.3, -0.25) is 4.90 Å². The first-order valence-corrected chi connectivity index (χ1v) is 5.87. The smallest absolute Gasteiger partial charge is 0.119 e. The minimum atomic E-state index is 0. The molecule has 17 heavy (non-hydrogen) atoms. The molecule has 94 valence electrons. The van der Waals surface area contributed by atoms with Gasteiger partial charge in [0.1, 0.15) is 5.75 Å². The van der Waals surface area contributed by atoms with E-state index < -0.39 is 0 Å². The Balaban J connectivity index is 0.00000108. The van der Waals surface area contributed by atoms with Crippen LogP contribution in [0.3, 0.4) is 0 Å². The van der Waals surface area contributed by atoms with Crippen LogP contribution in [0.4, 0.5) is 0 Å². The molecule has 1 N–H and O–H groups in total. The molecular weight excluding hydrogens is 238 g/mol. The van der Waals surface area contributed by atoms with Crippen molar-refractivity contribution in [1.29, 1.82) is 0 Å². The van der Waals surface area contributed by atoms with Gasteiger partial charge in [-0.1, -0.05) is 12.1 Å². The molecule has 4 heteroatoms. The van der Waals surface area contributed by atoms with Crippen molar-refractivity contribution in [1.82, 2.24) is 4.90 Å². The molecule has 0 saturated carbocycles. The highest BCUT2D eigenvalue weighted by Gasteiger charge is 2.35. The van der Waals surface area contributed by atoms with Crippen molar-refractivity contribution in [2.75, 3.05) is 20.2 Å². The second-order valence-electron chi connectivity index (χ2n) is 4.78. The van der Waals surface area contributed by atoms with E-state index in [-0.39, 0.29) is 18.5 Å². The number of morpholine rings is 1. The maximum atomic E-state index is 9.84. The lowest BCUT2D eigenvalue weighted by Crippen LogP contribution is -2.53. The molecule has 0 spiro atoms. The molecule has 0 unspecified atom stereocenters. The molecule has 1 aromatic carbocycles. The normalized spacial score (nSPS) is 27.8. The van der Waals surface area contributed by atoms with Crippen LogP contribution in [-0.4, -0.2) is 42.4 Å². The first-order chi connectivity index (χ1) is 7.75. The third kappa shape index (κ3) is 2.15. The van der Waals surface area contributed by atoms with Crippen molar-refractivity contribution >= 4 is 12.4 Å². The Kier molecular flexibility index (Phi) is 3.61. The Morgan fingerprint density at radius 2 is 2.18 bits per heavy atom. The molecule has 1 aromatic rings. The summed E-state index contributed by atoms with van der Waals surface area (Å²) in [5, 5.41) is 9.84. The predicted molar refractivity (Wildman–Crippen MR) is 68.9 cm³/mol. The van der Waals surface area contributed by atoms with Gasteiger partial charge in [-0.25, -0.2) is 0 Å². The van der Waals surface area contributed by atoms with Gasteiger partial charge in [0.15, 0.2) is 0 Å². The molecule has 2 atom stereocenters. The molecule has 0 radical (unpaired) electrons. The summed E-state index contributed by atoms with van der Waals surface area (Å²) in [5.74, 6) is 0.424. The molecule has 1 heterocycles. The van der Waals surface area contributed by atoms with Gasteiger partial charge in [0, 0.05) is 19.0 Å². The van der Waals surface area contributed by atoms with Gasteiger partial charge < -0.3 is 9.84 Å². The highest BCUT2D eigenvalue weighted by atomic mass is 35.5. The molecule has 0 aromatic heterocycles. The molecule has 0 amide bonds. The SMILES string of the molecule is CN1CCO[C@@H]2Cc3c(O)cccc3C[C@H]21.Cl. The molecule has 1 saturated heterocycles. The van der Waals surface area contributed by atoms with Crippen molar-refractivity contribution in [3.8, 4) is 5.75 Å². The minimum absolute atomic E-state index is 0. The summed E-state index contributed by atoms with van der Waals surface area (Å²) in [6.07, 6.45) is 2.08. The van der Waals surface area contributed by atoms with Gasteiger partial charge in [-0.15, -0.1) is 12.4 Å². The zero-order chi connectivity index (χ0) is 11.1. The standard InChI is InChI=1S/C13H17NO2.ClH/c1-14-5-6-16-13-8-10-9(7-11(13)14)3-2-4-12(10)15;/h2-4,11,13,15H,5-8H2,1H3;1H/t11-,13-;/m1./s1. The first kappa shape index (κ1) is 12.7. The van der Waals surface area contributed by atoms with Crippen molar-refractivity contribution in [2.24, 2.45) is 0 Å². The molecule has 1 aliphatic heterocycles. The number of likely N-dealkylation sites (N-methyl/N-ethyl adjacent to an activating group) is 1. The summed E-state index contributed by atoms with van der Waals surface area (Å²) in [5.41, 5.74) is 2.36. The van der Waals surface area contributed by atoms with Crippen molar-refractivity contribution in [3.05, 3.63) is 29.3 Å². The minimum Gasteiger partial charge on any atom is -0.508 e. The Morgan fingerprint density at radius 1 is 1.35 bits per heavy atom. The lowest BCUT2D eigenvalue weighted by atomic mass is 9.84. The van der Waals surface area contributed by atoms with Gasteiger partial charge in [0.25, 0.3) is 0 Å². The Morgan fingerprint density at radius 3 is 3.00 bits per heavy atom. The monoisotopic (exact) mass is 255 g/mol. The Hall–Kier alpha value is -0.770. The lowest BCUT2D eigenvalue weighted by Gasteiger charge is -2.42. The van der Waals surface area contributed by atoms with E-state index in [9.17, 15) is 5.11 Å². The van der Waals surface area contributed by atoms with E-state index in [4.69, 9.17) is 4.74 Å². The van der Waals surface area contributed by atoms with Crippen LogP contribution < -0.4 is 0 Å². The van der Waals surface area contributed by atoms with Crippen molar-refractivity contribution < 1.29 is 9.84 Å². The third-order valence-corrected chi connectivity index (χ3v) is 3.85. The lowest BCUT2D eigenvalue weighted by molar-refractivity contribution is -0.0646. The maximum absolute atomic E-state index is 9.84. The fourth-order valence-corrected chi connectivity index (χ4v) is 2.87. The number of benzene rings is 1. The average Bonchev–Trinajstić information content (AvgIpc) is 2.29. The largest absolute Gasteiger partial charge is 0.508 e. The van der Waals surface area contributed by atoms with E-state index in [1.807, 2.05) is 6.07 Å². The summed E-state index contributed by atoms with van der Waals surface area (Å²) in [6.45, 7) is 1.82. The van der Waals surface area contributed by atoms with Gasteiger partial charge in [0.05, 0.1) is 12.7 Å². The van der Waals surface area contributed by atoms with Crippen LogP contribution in [-0.2, 0) is 17.6 Å². The van der Waals surface area contributed by atoms with Crippen LogP contribution in [0.2, 0.25) is 0 Å². The number of hydrogen-bond donors (Lipinski definition) is 1. The van der Waals surface area contributed by atoms with Crippen LogP contribution >= 0.6 is 12.4 Å². The topological polar surface area (TPSA) is 32.7 Å². The fourth-order valence-electron chi connectivity index (χ4n) is 2.87. The van der Waals surface area contributed by atoms with Gasteiger partial charge in [-0.2, -0.15) is 0 Å². The molecule has 2 aliphatic rings. The van der Waals surface area contributed by atoms with E-state index in [1.54, 1.807) is 6.07 Å². The van der Waals surface area contributed by atoms with Crippen LogP contribution in [0, 0.1) is 0 Å². The van der Waals surface area contributed by atoms with Crippen LogP contribution in [0.5, 0.6) is 5.75 Å². The number of phenolic OH excluding ortho intramolecular Hbond substituents is 1. The van der Waals surface area contributed by atoms with Crippen LogP contribution in [0.25, 0.3) is 0 Å². The van der Waals surface area contributed by atoms with E-state index in [2.05, 4.69) is 18.0 Å². The zero-order valence-corrected chi connectivity index (χ0v) is 10.7. The number of nitrogens with zero attached hydrogens (tertiary/aromatic N) is 1. The number of aromatic hydroxyl groups is 1. The molecular formula is C13H18ClNO2. The number of rotatable bonds is 0. The molecule has 0 bridgehead atoms. The highest BCUT2D eigenvalue weighted by Crippen LogP contribution is 2.32. The molecule has 3 rings (SSSR count). The Bertz CT molecular complexity index is 410. The first-order valence-electron chi connectivity index (χ1n) is 5.87. The average molecular weight is 256 g/mol. The molecule has 1 fully saturated rings. The van der Waals surface area contributed by atoms with Crippen LogP contribution in [0.1, 0.15) is 11.1 Å². The number of phenols is 1. The second kappa shape index (κ2) is 4.84. The van der Waals surface area contributed by atoms with Gasteiger partial charge in [0.2, 0.25) is 0 Å². The third-order valence-electron chi connectivity index (χ3n) is 3.85. The molecule has 3 nitrogen and oxygen atoms in total. The number of fused-ring (bicyclic) bond motifs is 2. The van der Waals surface area contributed by atoms with E-state index in [0.29, 0.717) is 11.8 Å². The van der Waals surface area contributed by atoms with E-state index >= 15 is 0 Å². The van der Waals surface area contributed by atoms with E-state index in [1.165, 1.54) is 5.56 Å². The maximum Gasteiger partial charge on any atom is 0.119 e. The van der Waals surface area contributed by atoms with Crippen molar-refractivity contribution in [3.63, 3.8) is 0 Å². The summed E-state index contributed by atoms with van der Waals surface area (Å²) in [4.78, 5) is 2.38. The molecule has 1 aliphatic carbocycles. The number of ether oxygens (including phenoxy) is 1. The highest BCUT2D eigenvalue weighted by molar-refractivity contribution is 5.85. The van der Waals surface area contributed by atoms with Crippen molar-refractivity contribution in [2.45, 2.75) is 25.0 Å². The summed E-state index contributed by atoms with van der Waals surface area (Å²) >= 11 is 0. The summed E-state index contributed by atoms with van der Waals surface area (Å²) in [6, 6.07) is 6.29. The summed E-state index contributed by atoms with van der Waals surface area (Å²) < 4.78 is 5.81. The number of hydrogen-bond acceptors (Lipinski definition) is 3. The van der Waals surface area contributed by atoms with Gasteiger partial charge in [-0.05, 0) is 30.7 Å². The fraction of sp³-hybridized carbons (Fsp3) is 0.538. The summed E-state index contributed by atoms with van der Waals surface area (Å²) in [7, 11) is 2.16. The van der Waals surface area contributed by atoms with Crippen LogP contribution in [0.15, 0.2) is 18.2 Å². The van der Waals surface area contributed by atoms with E-state index in [0.717, 1.165) is 31.6 Å². The number of halogens is 1. The zero-order valence-electron chi connectivity index (χ0n) is 9.93.